The number of aromatic nitrogens is 2. The van der Waals surface area contributed by atoms with E-state index in [2.05, 4.69) is 10.4 Å². The van der Waals surface area contributed by atoms with Crippen molar-refractivity contribution in [1.82, 2.24) is 15.1 Å². The zero-order chi connectivity index (χ0) is 18.6. The molecule has 0 bridgehead atoms. The number of amides is 1. The van der Waals surface area contributed by atoms with Gasteiger partial charge in [0.25, 0.3) is 5.91 Å². The third-order valence-corrected chi connectivity index (χ3v) is 4.63. The maximum Gasteiger partial charge on any atom is 0.255 e. The number of benzene rings is 2. The highest BCUT2D eigenvalue weighted by Gasteiger charge is 2.22. The van der Waals surface area contributed by atoms with Gasteiger partial charge in [0.05, 0.1) is 29.2 Å². The van der Waals surface area contributed by atoms with Crippen LogP contribution >= 0.6 is 0 Å². The van der Waals surface area contributed by atoms with Crippen molar-refractivity contribution in [3.63, 3.8) is 0 Å². The summed E-state index contributed by atoms with van der Waals surface area (Å²) in [6.07, 6.45) is 3.56. The molecule has 0 aliphatic carbocycles. The molecule has 1 aliphatic heterocycles. The average molecular weight is 365 g/mol. The van der Waals surface area contributed by atoms with Gasteiger partial charge < -0.3 is 10.1 Å². The first kappa shape index (κ1) is 17.4. The SMILES string of the molecule is O=C(NC[C@@H]1CCCO1)c1cnn(-c2cccc(F)c2)c1-c1ccccc1. The topological polar surface area (TPSA) is 56.1 Å². The quantitative estimate of drug-likeness (QED) is 0.752. The van der Waals surface area contributed by atoms with Crippen LogP contribution in [0.15, 0.2) is 60.8 Å². The van der Waals surface area contributed by atoms with E-state index in [0.717, 1.165) is 25.0 Å². The smallest absolute Gasteiger partial charge is 0.255 e. The number of carbonyl (C=O) groups is 1. The van der Waals surface area contributed by atoms with Crippen LogP contribution in [0.2, 0.25) is 0 Å². The van der Waals surface area contributed by atoms with Crippen LogP contribution < -0.4 is 5.32 Å². The van der Waals surface area contributed by atoms with Gasteiger partial charge in [0, 0.05) is 18.7 Å². The normalized spacial score (nSPS) is 16.4. The van der Waals surface area contributed by atoms with Crippen LogP contribution in [0, 0.1) is 5.82 Å². The number of nitrogens with zero attached hydrogens (tertiary/aromatic N) is 2. The van der Waals surface area contributed by atoms with Crippen LogP contribution in [-0.2, 0) is 4.74 Å². The van der Waals surface area contributed by atoms with Crippen molar-refractivity contribution in [1.29, 1.82) is 0 Å². The number of rotatable bonds is 5. The molecule has 1 saturated heterocycles. The molecule has 27 heavy (non-hydrogen) atoms. The van der Waals surface area contributed by atoms with E-state index in [4.69, 9.17) is 4.74 Å². The maximum absolute atomic E-state index is 13.7. The van der Waals surface area contributed by atoms with Crippen LogP contribution in [0.5, 0.6) is 0 Å². The molecule has 3 aromatic rings. The minimum atomic E-state index is -0.355. The van der Waals surface area contributed by atoms with Crippen molar-refractivity contribution in [2.45, 2.75) is 18.9 Å². The molecule has 0 unspecified atom stereocenters. The van der Waals surface area contributed by atoms with E-state index in [1.54, 1.807) is 16.8 Å². The molecule has 1 aromatic heterocycles. The molecule has 1 fully saturated rings. The Morgan fingerprint density at radius 3 is 2.81 bits per heavy atom. The van der Waals surface area contributed by atoms with Gasteiger partial charge >= 0.3 is 0 Å². The Hall–Kier alpha value is -2.99. The molecule has 1 N–H and O–H groups in total. The first-order valence-corrected chi connectivity index (χ1v) is 9.01. The summed E-state index contributed by atoms with van der Waals surface area (Å²) in [6.45, 7) is 1.21. The predicted molar refractivity (Wildman–Crippen MR) is 100 cm³/mol. The maximum atomic E-state index is 13.7. The lowest BCUT2D eigenvalue weighted by atomic mass is 10.1. The Balaban J connectivity index is 1.70. The lowest BCUT2D eigenvalue weighted by Gasteiger charge is -2.12. The monoisotopic (exact) mass is 365 g/mol. The predicted octanol–water partition coefficient (Wildman–Crippen LogP) is 3.59. The van der Waals surface area contributed by atoms with Gasteiger partial charge in [-0.25, -0.2) is 9.07 Å². The van der Waals surface area contributed by atoms with E-state index in [9.17, 15) is 9.18 Å². The molecule has 5 nitrogen and oxygen atoms in total. The van der Waals surface area contributed by atoms with E-state index in [-0.39, 0.29) is 17.8 Å². The molecule has 1 aliphatic rings. The van der Waals surface area contributed by atoms with E-state index in [1.807, 2.05) is 30.3 Å². The molecule has 2 aromatic carbocycles. The van der Waals surface area contributed by atoms with Gasteiger partial charge in [-0.2, -0.15) is 5.10 Å². The zero-order valence-corrected chi connectivity index (χ0v) is 14.8. The van der Waals surface area contributed by atoms with Gasteiger partial charge in [0.1, 0.15) is 5.82 Å². The molecule has 2 heterocycles. The number of carbonyl (C=O) groups excluding carboxylic acids is 1. The standard InChI is InChI=1S/C21H20FN3O2/c22-16-8-4-9-17(12-16)25-20(15-6-2-1-3-7-15)19(14-24-25)21(26)23-13-18-10-5-11-27-18/h1-4,6-9,12,14,18H,5,10-11,13H2,(H,23,26)/t18-/m0/s1. The average Bonchev–Trinajstić information content (AvgIpc) is 3.36. The lowest BCUT2D eigenvalue weighted by molar-refractivity contribution is 0.0858. The van der Waals surface area contributed by atoms with Crippen molar-refractivity contribution in [3.05, 3.63) is 72.2 Å². The summed E-state index contributed by atoms with van der Waals surface area (Å²) in [4.78, 5) is 12.8. The van der Waals surface area contributed by atoms with E-state index in [1.165, 1.54) is 18.3 Å². The Morgan fingerprint density at radius 1 is 1.22 bits per heavy atom. The van der Waals surface area contributed by atoms with Crippen molar-refractivity contribution in [2.75, 3.05) is 13.2 Å². The summed E-state index contributed by atoms with van der Waals surface area (Å²) in [5.41, 5.74) is 2.48. The fraction of sp³-hybridized carbons (Fsp3) is 0.238. The number of hydrogen-bond acceptors (Lipinski definition) is 3. The van der Waals surface area contributed by atoms with Gasteiger partial charge in [0.15, 0.2) is 0 Å². The largest absolute Gasteiger partial charge is 0.376 e. The highest BCUT2D eigenvalue weighted by molar-refractivity contribution is 6.00. The fourth-order valence-electron chi connectivity index (χ4n) is 3.30. The molecule has 0 saturated carbocycles. The van der Waals surface area contributed by atoms with Crippen molar-refractivity contribution in [3.8, 4) is 16.9 Å². The molecule has 4 rings (SSSR count). The number of ether oxygens (including phenoxy) is 1. The molecule has 1 amide bonds. The van der Waals surface area contributed by atoms with Gasteiger partial charge in [-0.05, 0) is 31.0 Å². The van der Waals surface area contributed by atoms with Crippen LogP contribution in [0.1, 0.15) is 23.2 Å². The Labute approximate surface area is 156 Å². The highest BCUT2D eigenvalue weighted by atomic mass is 19.1. The van der Waals surface area contributed by atoms with Crippen LogP contribution in [0.3, 0.4) is 0 Å². The van der Waals surface area contributed by atoms with Gasteiger partial charge in [-0.1, -0.05) is 36.4 Å². The molecular formula is C21H20FN3O2. The minimum absolute atomic E-state index is 0.0624. The van der Waals surface area contributed by atoms with E-state index in [0.29, 0.717) is 23.5 Å². The number of hydrogen-bond donors (Lipinski definition) is 1. The fourth-order valence-corrected chi connectivity index (χ4v) is 3.30. The summed E-state index contributed by atoms with van der Waals surface area (Å²) < 4.78 is 20.9. The van der Waals surface area contributed by atoms with E-state index < -0.39 is 0 Å². The summed E-state index contributed by atoms with van der Waals surface area (Å²) >= 11 is 0. The summed E-state index contributed by atoms with van der Waals surface area (Å²) in [6, 6.07) is 15.7. The van der Waals surface area contributed by atoms with Gasteiger partial charge in [-0.3, -0.25) is 4.79 Å². The Bertz CT molecular complexity index is 934. The molecule has 1 atom stereocenters. The molecule has 6 heteroatoms. The summed E-state index contributed by atoms with van der Waals surface area (Å²) in [7, 11) is 0. The molecular weight excluding hydrogens is 345 g/mol. The second-order valence-electron chi connectivity index (χ2n) is 6.51. The van der Waals surface area contributed by atoms with Crippen molar-refractivity contribution in [2.24, 2.45) is 0 Å². The molecule has 0 radical (unpaired) electrons. The second-order valence-corrected chi connectivity index (χ2v) is 6.51. The first-order chi connectivity index (χ1) is 13.2. The lowest BCUT2D eigenvalue weighted by Crippen LogP contribution is -2.31. The highest BCUT2D eigenvalue weighted by Crippen LogP contribution is 2.27. The Morgan fingerprint density at radius 2 is 2.07 bits per heavy atom. The second kappa shape index (κ2) is 7.72. The Kier molecular flexibility index (Phi) is 4.98. The third kappa shape index (κ3) is 3.75. The van der Waals surface area contributed by atoms with Gasteiger partial charge in [-0.15, -0.1) is 0 Å². The molecule has 138 valence electrons. The molecule has 0 spiro atoms. The van der Waals surface area contributed by atoms with Crippen LogP contribution in [0.4, 0.5) is 4.39 Å². The summed E-state index contributed by atoms with van der Waals surface area (Å²) in [5, 5.41) is 7.30. The van der Waals surface area contributed by atoms with Crippen molar-refractivity contribution < 1.29 is 13.9 Å². The number of halogens is 1. The van der Waals surface area contributed by atoms with Crippen molar-refractivity contribution >= 4 is 5.91 Å². The zero-order valence-electron chi connectivity index (χ0n) is 14.8. The van der Waals surface area contributed by atoms with Gasteiger partial charge in [0.2, 0.25) is 0 Å². The number of nitrogens with one attached hydrogen (secondary N) is 1. The van der Waals surface area contributed by atoms with Crippen LogP contribution in [0.25, 0.3) is 16.9 Å². The summed E-state index contributed by atoms with van der Waals surface area (Å²) in [5.74, 6) is -0.571. The van der Waals surface area contributed by atoms with Crippen LogP contribution in [-0.4, -0.2) is 34.9 Å². The van der Waals surface area contributed by atoms with E-state index >= 15 is 0 Å². The first-order valence-electron chi connectivity index (χ1n) is 9.01. The minimum Gasteiger partial charge on any atom is -0.376 e. The third-order valence-electron chi connectivity index (χ3n) is 4.63.